The summed E-state index contributed by atoms with van der Waals surface area (Å²) in [6.45, 7) is 10.4. The number of likely N-dealkylation sites (N-methyl/N-ethyl adjacent to an activating group) is 1. The van der Waals surface area contributed by atoms with Crippen LogP contribution in [0.4, 0.5) is 10.5 Å². The van der Waals surface area contributed by atoms with Gasteiger partial charge in [-0.3, -0.25) is 14.9 Å². The normalized spacial score (nSPS) is 31.6. The Labute approximate surface area is 322 Å². The second-order valence-corrected chi connectivity index (χ2v) is 16.9. The molecule has 2 saturated heterocycles. The summed E-state index contributed by atoms with van der Waals surface area (Å²) in [5.41, 5.74) is -0.613. The minimum Gasteiger partial charge on any atom is -0.457 e. The SMILES string of the molecule is CO[C@@H]1/C=C/C=C(/C)Cc2cc(CO)c(Cl)c(c2)N(C)C(=O)C[C@H](OC(=O)[C@H](C)N(C)C(=O)CCC(C)(C)S)[C@]2(C)O[C@H]2[C@H](C)[C@@H]2C[C@@]1(O)NC(=O)O2. The maximum absolute atomic E-state index is 14.1. The van der Waals surface area contributed by atoms with Gasteiger partial charge in [0.1, 0.15) is 30.0 Å². The van der Waals surface area contributed by atoms with Crippen molar-refractivity contribution in [3.8, 4) is 0 Å². The summed E-state index contributed by atoms with van der Waals surface area (Å²) < 4.78 is 23.2. The van der Waals surface area contributed by atoms with E-state index < -0.39 is 65.7 Å². The average molecular weight is 780 g/mol. The van der Waals surface area contributed by atoms with Crippen LogP contribution in [0.3, 0.4) is 0 Å². The van der Waals surface area contributed by atoms with Crippen LogP contribution in [0.1, 0.15) is 78.4 Å². The third kappa shape index (κ3) is 9.95. The van der Waals surface area contributed by atoms with E-state index in [0.717, 1.165) is 11.1 Å². The lowest BCUT2D eigenvalue weighted by molar-refractivity contribution is -0.162. The molecule has 8 atom stereocenters. The molecule has 0 radical (unpaired) electrons. The molecule has 3 aliphatic heterocycles. The van der Waals surface area contributed by atoms with Gasteiger partial charge in [0.2, 0.25) is 11.8 Å². The number of methoxy groups -OCH3 is 1. The highest BCUT2D eigenvalue weighted by atomic mass is 35.5. The molecular formula is C38H54ClN3O10S. The van der Waals surface area contributed by atoms with Crippen LogP contribution in [-0.4, -0.2) is 107 Å². The number of hydrogen-bond acceptors (Lipinski definition) is 11. The second kappa shape index (κ2) is 16.7. The van der Waals surface area contributed by atoms with Crippen LogP contribution in [0.5, 0.6) is 0 Å². The van der Waals surface area contributed by atoms with Crippen molar-refractivity contribution in [1.29, 1.82) is 0 Å². The first-order valence-electron chi connectivity index (χ1n) is 17.8. The highest BCUT2D eigenvalue weighted by molar-refractivity contribution is 7.81. The van der Waals surface area contributed by atoms with Gasteiger partial charge in [0.15, 0.2) is 5.72 Å². The number of hydrogen-bond donors (Lipinski definition) is 4. The number of benzene rings is 1. The molecule has 53 heavy (non-hydrogen) atoms. The Morgan fingerprint density at radius 2 is 1.96 bits per heavy atom. The first-order chi connectivity index (χ1) is 24.6. The number of amides is 3. The number of halogens is 1. The Morgan fingerprint density at radius 1 is 1.28 bits per heavy atom. The Bertz CT molecular complexity index is 1630. The lowest BCUT2D eigenvalue weighted by atomic mass is 9.83. The van der Waals surface area contributed by atoms with Crippen LogP contribution in [0, 0.1) is 5.92 Å². The van der Waals surface area contributed by atoms with Crippen molar-refractivity contribution in [2.45, 2.75) is 127 Å². The number of nitrogens with one attached hydrogen (secondary N) is 1. The van der Waals surface area contributed by atoms with E-state index >= 15 is 0 Å². The average Bonchev–Trinajstić information content (AvgIpc) is 3.78. The third-order valence-electron chi connectivity index (χ3n) is 10.5. The van der Waals surface area contributed by atoms with Gasteiger partial charge in [-0.2, -0.15) is 12.6 Å². The van der Waals surface area contributed by atoms with Crippen molar-refractivity contribution in [2.75, 3.05) is 26.1 Å². The fourth-order valence-corrected chi connectivity index (χ4v) is 7.27. The number of carbonyl (C=O) groups excluding carboxylic acids is 4. The van der Waals surface area contributed by atoms with Crippen LogP contribution in [0.25, 0.3) is 0 Å². The van der Waals surface area contributed by atoms with E-state index in [9.17, 15) is 29.4 Å². The number of ether oxygens (including phenoxy) is 4. The molecular weight excluding hydrogens is 726 g/mol. The van der Waals surface area contributed by atoms with Crippen molar-refractivity contribution in [3.63, 3.8) is 0 Å². The minimum atomic E-state index is -1.84. The van der Waals surface area contributed by atoms with Crippen molar-refractivity contribution >= 4 is 53.8 Å². The minimum absolute atomic E-state index is 0.0607. The maximum Gasteiger partial charge on any atom is 0.409 e. The molecule has 4 bridgehead atoms. The second-order valence-electron chi connectivity index (χ2n) is 15.3. The van der Waals surface area contributed by atoms with E-state index in [4.69, 9.17) is 30.5 Å². The van der Waals surface area contributed by atoms with E-state index in [1.54, 1.807) is 52.1 Å². The van der Waals surface area contributed by atoms with E-state index in [2.05, 4.69) is 17.9 Å². The summed E-state index contributed by atoms with van der Waals surface area (Å²) in [5.74, 6) is -2.00. The van der Waals surface area contributed by atoms with E-state index in [1.165, 1.54) is 24.0 Å². The summed E-state index contributed by atoms with van der Waals surface area (Å²) in [4.78, 5) is 56.4. The van der Waals surface area contributed by atoms with Gasteiger partial charge in [-0.15, -0.1) is 0 Å². The lowest BCUT2D eigenvalue weighted by Crippen LogP contribution is -2.63. The quantitative estimate of drug-likeness (QED) is 0.168. The monoisotopic (exact) mass is 779 g/mol. The van der Waals surface area contributed by atoms with Gasteiger partial charge >= 0.3 is 12.1 Å². The number of anilines is 1. The van der Waals surface area contributed by atoms with Gasteiger partial charge in [-0.05, 0) is 50.8 Å². The molecule has 3 aliphatic rings. The van der Waals surface area contributed by atoms with Crippen molar-refractivity contribution in [1.82, 2.24) is 10.2 Å². The molecule has 13 nitrogen and oxygen atoms in total. The number of aliphatic hydroxyl groups is 2. The van der Waals surface area contributed by atoms with Crippen LogP contribution in [0.2, 0.25) is 5.02 Å². The molecule has 0 unspecified atom stereocenters. The van der Waals surface area contributed by atoms with E-state index in [1.807, 2.05) is 26.8 Å². The first-order valence-corrected chi connectivity index (χ1v) is 18.6. The Balaban J connectivity index is 1.74. The number of nitrogens with zero attached hydrogens (tertiary/aromatic N) is 2. The zero-order valence-corrected chi connectivity index (χ0v) is 33.6. The third-order valence-corrected chi connectivity index (χ3v) is 11.2. The number of alkyl carbamates (subject to hydrolysis) is 1. The molecule has 3 N–H and O–H groups in total. The summed E-state index contributed by atoms with van der Waals surface area (Å²) in [5, 5.41) is 24.6. The summed E-state index contributed by atoms with van der Waals surface area (Å²) in [6, 6.07) is 2.53. The van der Waals surface area contributed by atoms with Gasteiger partial charge < -0.3 is 39.0 Å². The summed E-state index contributed by atoms with van der Waals surface area (Å²) in [6.07, 6.45) is 1.42. The predicted molar refractivity (Wildman–Crippen MR) is 203 cm³/mol. The topological polar surface area (TPSA) is 167 Å². The molecule has 0 spiro atoms. The highest BCUT2D eigenvalue weighted by Gasteiger charge is 2.64. The number of allylic oxidation sites excluding steroid dienone is 3. The van der Waals surface area contributed by atoms with Gasteiger partial charge in [-0.1, -0.05) is 62.2 Å². The number of esters is 1. The largest absolute Gasteiger partial charge is 0.457 e. The van der Waals surface area contributed by atoms with Gasteiger partial charge in [0.05, 0.1) is 29.8 Å². The van der Waals surface area contributed by atoms with Gasteiger partial charge in [0.25, 0.3) is 0 Å². The molecule has 1 aromatic rings. The lowest BCUT2D eigenvalue weighted by Gasteiger charge is -2.42. The Hall–Kier alpha value is -3.14. The van der Waals surface area contributed by atoms with Crippen LogP contribution >= 0.6 is 24.2 Å². The molecule has 0 saturated carbocycles. The van der Waals surface area contributed by atoms with Gasteiger partial charge in [0, 0.05) is 44.7 Å². The van der Waals surface area contributed by atoms with Crippen LogP contribution in [0.15, 0.2) is 35.9 Å². The van der Waals surface area contributed by atoms with Crippen LogP contribution < -0.4 is 10.2 Å². The van der Waals surface area contributed by atoms with Gasteiger partial charge in [-0.25, -0.2) is 9.59 Å². The summed E-state index contributed by atoms with van der Waals surface area (Å²) in [7, 11) is 4.49. The van der Waals surface area contributed by atoms with E-state index in [-0.39, 0.29) is 41.5 Å². The van der Waals surface area contributed by atoms with Crippen molar-refractivity contribution in [2.24, 2.45) is 5.92 Å². The fraction of sp³-hybridized carbons (Fsp3) is 0.632. The van der Waals surface area contributed by atoms with Crippen molar-refractivity contribution < 1.29 is 48.3 Å². The molecule has 4 rings (SSSR count). The molecule has 3 heterocycles. The Morgan fingerprint density at radius 3 is 2.58 bits per heavy atom. The smallest absolute Gasteiger partial charge is 0.409 e. The standard InChI is InChI=1S/C38H54ClN3O10S/c1-21-11-10-12-28(49-9)38(48)19-27(50-35(47)40-38)22(2)33-37(6,52-33)29(51-34(46)23(3)41(7)30(44)13-14-36(4,5)53)18-31(45)42(8)26-17-24(15-21)16-25(20-43)32(26)39/h10-12,16-17,22-23,27-29,33,43,48,53H,13-15,18-20H2,1-9H3,(H,40,47)/b12-10+,21-11-/t22-,23+,27+,28-,29+,33+,37+,38+/m1/s1. The Kier molecular flexibility index (Phi) is 13.4. The molecule has 15 heteroatoms. The number of rotatable bonds is 8. The molecule has 0 aromatic heterocycles. The van der Waals surface area contributed by atoms with Crippen LogP contribution in [-0.2, 0) is 46.4 Å². The maximum atomic E-state index is 14.1. The number of thiol groups is 1. The molecule has 0 aliphatic carbocycles. The zero-order chi connectivity index (χ0) is 39.6. The molecule has 3 amide bonds. The fourth-order valence-electron chi connectivity index (χ4n) is 6.87. The number of carbonyl (C=O) groups is 4. The van der Waals surface area contributed by atoms with Crippen molar-refractivity contribution in [3.05, 3.63) is 52.1 Å². The molecule has 294 valence electrons. The first kappa shape index (κ1) is 42.6. The number of fused-ring (bicyclic) bond motifs is 5. The molecule has 1 aromatic carbocycles. The summed E-state index contributed by atoms with van der Waals surface area (Å²) >= 11 is 11.2. The number of epoxide rings is 1. The highest BCUT2D eigenvalue weighted by Crippen LogP contribution is 2.49. The number of aliphatic hydroxyl groups excluding tert-OH is 1. The van der Waals surface area contributed by atoms with E-state index in [0.29, 0.717) is 24.1 Å². The predicted octanol–water partition coefficient (Wildman–Crippen LogP) is 4.49. The zero-order valence-electron chi connectivity index (χ0n) is 32.0. The molecule has 2 fully saturated rings.